The number of fused-ring (bicyclic) bond motifs is 1. The average molecular weight is 281 g/mol. The molecule has 3 nitrogen and oxygen atoms in total. The van der Waals surface area contributed by atoms with Crippen LogP contribution in [0.2, 0.25) is 0 Å². The van der Waals surface area contributed by atoms with Crippen LogP contribution >= 0.6 is 0 Å². The minimum Gasteiger partial charge on any atom is -0.478 e. The largest absolute Gasteiger partial charge is 0.478 e. The number of hydrogen-bond acceptors (Lipinski definition) is 2. The van der Waals surface area contributed by atoms with Gasteiger partial charge in [0.2, 0.25) is 0 Å². The highest BCUT2D eigenvalue weighted by Gasteiger charge is 2.13. The molecule has 2 aromatic carbocycles. The third-order valence-corrected chi connectivity index (χ3v) is 3.41. The Kier molecular flexibility index (Phi) is 3.14. The number of para-hydroxylation sites is 1. The number of carboxylic acids is 1. The summed E-state index contributed by atoms with van der Waals surface area (Å²) in [4.78, 5) is 15.8. The van der Waals surface area contributed by atoms with Crippen LogP contribution in [0.3, 0.4) is 0 Å². The molecule has 1 heterocycles. The van der Waals surface area contributed by atoms with Crippen LogP contribution in [-0.2, 0) is 0 Å². The lowest BCUT2D eigenvalue weighted by molar-refractivity contribution is 0.0699. The van der Waals surface area contributed by atoms with Crippen molar-refractivity contribution >= 4 is 16.9 Å². The molecular weight excluding hydrogens is 269 g/mol. The lowest BCUT2D eigenvalue weighted by Gasteiger charge is -2.08. The van der Waals surface area contributed by atoms with Gasteiger partial charge in [-0.2, -0.15) is 0 Å². The second-order valence-corrected chi connectivity index (χ2v) is 4.84. The molecule has 21 heavy (non-hydrogen) atoms. The minimum atomic E-state index is -1.03. The van der Waals surface area contributed by atoms with Gasteiger partial charge in [-0.25, -0.2) is 14.2 Å². The van der Waals surface area contributed by atoms with Crippen molar-refractivity contribution in [3.63, 3.8) is 0 Å². The Morgan fingerprint density at radius 1 is 1.14 bits per heavy atom. The first-order valence-electron chi connectivity index (χ1n) is 6.46. The van der Waals surface area contributed by atoms with Crippen LogP contribution in [0.4, 0.5) is 4.39 Å². The zero-order valence-corrected chi connectivity index (χ0v) is 11.3. The topological polar surface area (TPSA) is 50.2 Å². The maximum atomic E-state index is 13.7. The Balaban J connectivity index is 2.28. The molecule has 3 aromatic rings. The fourth-order valence-electron chi connectivity index (χ4n) is 2.25. The van der Waals surface area contributed by atoms with Crippen LogP contribution in [-0.4, -0.2) is 16.1 Å². The Morgan fingerprint density at radius 2 is 1.90 bits per heavy atom. The SMILES string of the molecule is Cc1ccc(-c2cc(C(=O)O)c3ccccc3n2)cc1F. The quantitative estimate of drug-likeness (QED) is 0.771. The molecule has 0 amide bonds. The second-order valence-electron chi connectivity index (χ2n) is 4.84. The van der Waals surface area contributed by atoms with E-state index in [2.05, 4.69) is 4.98 Å². The fourth-order valence-corrected chi connectivity index (χ4v) is 2.25. The number of aromatic carboxylic acids is 1. The number of carbonyl (C=O) groups is 1. The van der Waals surface area contributed by atoms with Crippen molar-refractivity contribution in [2.75, 3.05) is 0 Å². The molecule has 0 bridgehead atoms. The molecule has 1 N–H and O–H groups in total. The predicted molar refractivity (Wildman–Crippen MR) is 78.8 cm³/mol. The van der Waals surface area contributed by atoms with Gasteiger partial charge in [0.15, 0.2) is 0 Å². The van der Waals surface area contributed by atoms with Crippen LogP contribution < -0.4 is 0 Å². The van der Waals surface area contributed by atoms with E-state index in [-0.39, 0.29) is 11.4 Å². The van der Waals surface area contributed by atoms with Gasteiger partial charge in [0.05, 0.1) is 16.8 Å². The van der Waals surface area contributed by atoms with Crippen LogP contribution in [0.15, 0.2) is 48.5 Å². The summed E-state index contributed by atoms with van der Waals surface area (Å²) < 4.78 is 13.7. The third-order valence-electron chi connectivity index (χ3n) is 3.41. The molecular formula is C17H12FNO2. The molecule has 0 radical (unpaired) electrons. The molecule has 0 aliphatic carbocycles. The van der Waals surface area contributed by atoms with Gasteiger partial charge in [-0.15, -0.1) is 0 Å². The van der Waals surface area contributed by atoms with E-state index >= 15 is 0 Å². The van der Waals surface area contributed by atoms with E-state index in [0.29, 0.717) is 27.7 Å². The number of rotatable bonds is 2. The van der Waals surface area contributed by atoms with Gasteiger partial charge in [0.1, 0.15) is 5.82 Å². The van der Waals surface area contributed by atoms with Gasteiger partial charge in [0.25, 0.3) is 0 Å². The number of nitrogens with zero attached hydrogens (tertiary/aromatic N) is 1. The van der Waals surface area contributed by atoms with E-state index in [1.54, 1.807) is 43.3 Å². The number of pyridine rings is 1. The van der Waals surface area contributed by atoms with E-state index in [1.807, 2.05) is 0 Å². The number of hydrogen-bond donors (Lipinski definition) is 1. The van der Waals surface area contributed by atoms with Crippen LogP contribution in [0.1, 0.15) is 15.9 Å². The molecule has 1 aromatic heterocycles. The Labute approximate surface area is 120 Å². The van der Waals surface area contributed by atoms with Crippen LogP contribution in [0, 0.1) is 12.7 Å². The Morgan fingerprint density at radius 3 is 2.62 bits per heavy atom. The zero-order valence-electron chi connectivity index (χ0n) is 11.3. The fraction of sp³-hybridized carbons (Fsp3) is 0.0588. The smallest absolute Gasteiger partial charge is 0.336 e. The molecule has 0 atom stereocenters. The molecule has 0 spiro atoms. The average Bonchev–Trinajstić information content (AvgIpc) is 2.48. The molecule has 0 saturated heterocycles. The van der Waals surface area contributed by atoms with E-state index < -0.39 is 5.97 Å². The zero-order chi connectivity index (χ0) is 15.0. The monoisotopic (exact) mass is 281 g/mol. The Hall–Kier alpha value is -2.75. The molecule has 0 aliphatic rings. The number of carboxylic acid groups (broad SMARTS) is 1. The highest BCUT2D eigenvalue weighted by molar-refractivity contribution is 6.03. The van der Waals surface area contributed by atoms with Gasteiger partial charge in [-0.05, 0) is 30.7 Å². The lowest BCUT2D eigenvalue weighted by Crippen LogP contribution is -2.00. The summed E-state index contributed by atoms with van der Waals surface area (Å²) >= 11 is 0. The highest BCUT2D eigenvalue weighted by atomic mass is 19.1. The Bertz CT molecular complexity index is 859. The summed E-state index contributed by atoms with van der Waals surface area (Å²) in [7, 11) is 0. The van der Waals surface area contributed by atoms with E-state index in [4.69, 9.17) is 0 Å². The maximum Gasteiger partial charge on any atom is 0.336 e. The van der Waals surface area contributed by atoms with Crippen LogP contribution in [0.25, 0.3) is 22.2 Å². The highest BCUT2D eigenvalue weighted by Crippen LogP contribution is 2.26. The van der Waals surface area contributed by atoms with Gasteiger partial charge in [-0.3, -0.25) is 0 Å². The van der Waals surface area contributed by atoms with Crippen molar-refractivity contribution in [3.05, 3.63) is 65.5 Å². The summed E-state index contributed by atoms with van der Waals surface area (Å²) in [5.41, 5.74) is 2.29. The molecule has 0 aliphatic heterocycles. The summed E-state index contributed by atoms with van der Waals surface area (Å²) in [5.74, 6) is -1.36. The standard InChI is InChI=1S/C17H12FNO2/c1-10-6-7-11(8-14(10)18)16-9-13(17(20)21)12-4-2-3-5-15(12)19-16/h2-9H,1H3,(H,20,21). The summed E-state index contributed by atoms with van der Waals surface area (Å²) in [5, 5.41) is 9.92. The number of halogens is 1. The number of aromatic nitrogens is 1. The van der Waals surface area contributed by atoms with Crippen molar-refractivity contribution in [3.8, 4) is 11.3 Å². The first kappa shape index (κ1) is 13.2. The first-order chi connectivity index (χ1) is 10.1. The number of aryl methyl sites for hydroxylation is 1. The van der Waals surface area contributed by atoms with Gasteiger partial charge < -0.3 is 5.11 Å². The summed E-state index contributed by atoms with van der Waals surface area (Å²) in [6.45, 7) is 1.68. The van der Waals surface area contributed by atoms with Crippen molar-refractivity contribution in [1.82, 2.24) is 4.98 Å². The van der Waals surface area contributed by atoms with E-state index in [0.717, 1.165) is 0 Å². The summed E-state index contributed by atoms with van der Waals surface area (Å²) in [6, 6.07) is 13.3. The normalized spacial score (nSPS) is 10.8. The van der Waals surface area contributed by atoms with Gasteiger partial charge in [0, 0.05) is 10.9 Å². The van der Waals surface area contributed by atoms with Crippen molar-refractivity contribution in [2.45, 2.75) is 6.92 Å². The minimum absolute atomic E-state index is 0.164. The van der Waals surface area contributed by atoms with Crippen molar-refractivity contribution < 1.29 is 14.3 Å². The second kappa shape index (κ2) is 4.98. The summed E-state index contributed by atoms with van der Waals surface area (Å²) in [6.07, 6.45) is 0. The maximum absolute atomic E-state index is 13.7. The molecule has 3 rings (SSSR count). The third kappa shape index (κ3) is 2.36. The molecule has 0 fully saturated rings. The predicted octanol–water partition coefficient (Wildman–Crippen LogP) is 4.05. The molecule has 0 unspecified atom stereocenters. The lowest BCUT2D eigenvalue weighted by atomic mass is 10.0. The molecule has 4 heteroatoms. The van der Waals surface area contributed by atoms with Crippen molar-refractivity contribution in [1.29, 1.82) is 0 Å². The van der Waals surface area contributed by atoms with E-state index in [1.165, 1.54) is 12.1 Å². The van der Waals surface area contributed by atoms with Gasteiger partial charge >= 0.3 is 5.97 Å². The first-order valence-corrected chi connectivity index (χ1v) is 6.46. The number of benzene rings is 2. The molecule has 0 saturated carbocycles. The van der Waals surface area contributed by atoms with Crippen molar-refractivity contribution in [2.24, 2.45) is 0 Å². The van der Waals surface area contributed by atoms with Gasteiger partial charge in [-0.1, -0.05) is 30.3 Å². The van der Waals surface area contributed by atoms with Crippen LogP contribution in [0.5, 0.6) is 0 Å². The molecule has 104 valence electrons. The van der Waals surface area contributed by atoms with E-state index in [9.17, 15) is 14.3 Å².